The van der Waals surface area contributed by atoms with Crippen molar-refractivity contribution in [1.29, 1.82) is 0 Å². The molecule has 0 unspecified atom stereocenters. The number of aromatic nitrogens is 2. The van der Waals surface area contributed by atoms with E-state index in [1.165, 1.54) is 12.3 Å². The molecular formula is C27H45N5O6. The highest BCUT2D eigenvalue weighted by atomic mass is 16.5. The van der Waals surface area contributed by atoms with Crippen LogP contribution in [-0.2, 0) is 19.1 Å². The monoisotopic (exact) mass is 535 g/mol. The molecule has 11 heteroatoms. The zero-order valence-electron chi connectivity index (χ0n) is 22.8. The smallest absolute Gasteiger partial charge is 0.326 e. The molecule has 11 nitrogen and oxygen atoms in total. The number of nitrogens with zero attached hydrogens (tertiary/aromatic N) is 1. The number of H-pyrrole nitrogens is 2. The molecule has 0 bridgehead atoms. The Labute approximate surface area is 224 Å². The molecule has 214 valence electrons. The molecular weight excluding hydrogens is 490 g/mol. The lowest BCUT2D eigenvalue weighted by Crippen LogP contribution is -2.25. The Morgan fingerprint density at radius 2 is 1.42 bits per heavy atom. The Hall–Kier alpha value is -3.24. The van der Waals surface area contributed by atoms with Crippen LogP contribution >= 0.6 is 0 Å². The van der Waals surface area contributed by atoms with Crippen molar-refractivity contribution in [2.75, 3.05) is 26.2 Å². The summed E-state index contributed by atoms with van der Waals surface area (Å²) in [7, 11) is 0. The minimum atomic E-state index is -0.562. The van der Waals surface area contributed by atoms with Crippen LogP contribution in [-0.4, -0.2) is 60.2 Å². The third-order valence-corrected chi connectivity index (χ3v) is 5.75. The Balaban J connectivity index is 1.89. The number of nitrogens with one attached hydrogen (secondary N) is 4. The summed E-state index contributed by atoms with van der Waals surface area (Å²) >= 11 is 0. The quantitative estimate of drug-likeness (QED) is 0.101. The van der Waals surface area contributed by atoms with Gasteiger partial charge in [0.25, 0.3) is 5.56 Å². The topological polar surface area (TPSA) is 163 Å². The molecule has 1 heterocycles. The number of amides is 2. The number of hydrogen-bond donors (Lipinski definition) is 4. The first-order valence-electron chi connectivity index (χ1n) is 13.9. The van der Waals surface area contributed by atoms with Gasteiger partial charge in [-0.1, -0.05) is 32.6 Å². The highest BCUT2D eigenvalue weighted by Crippen LogP contribution is 2.04. The average molecular weight is 536 g/mol. The van der Waals surface area contributed by atoms with Gasteiger partial charge in [-0.2, -0.15) is 0 Å². The lowest BCUT2D eigenvalue weighted by atomic mass is 10.1. The second-order valence-electron chi connectivity index (χ2n) is 9.28. The largest absolute Gasteiger partial charge is 0.466 e. The Kier molecular flexibility index (Phi) is 18.8. The van der Waals surface area contributed by atoms with Crippen LogP contribution in [0.25, 0.3) is 0 Å². The third kappa shape index (κ3) is 18.9. The van der Waals surface area contributed by atoms with Gasteiger partial charge in [0.05, 0.1) is 12.3 Å². The van der Waals surface area contributed by atoms with Crippen molar-refractivity contribution in [2.24, 2.45) is 4.99 Å². The van der Waals surface area contributed by atoms with Crippen LogP contribution in [0.1, 0.15) is 103 Å². The van der Waals surface area contributed by atoms with Crippen LogP contribution in [0.5, 0.6) is 0 Å². The molecule has 0 atom stereocenters. The van der Waals surface area contributed by atoms with Crippen molar-refractivity contribution >= 4 is 24.0 Å². The zero-order chi connectivity index (χ0) is 27.8. The van der Waals surface area contributed by atoms with Crippen LogP contribution in [0.3, 0.4) is 0 Å². The Bertz CT molecular complexity index is 928. The normalized spacial score (nSPS) is 11.0. The van der Waals surface area contributed by atoms with Gasteiger partial charge in [0.15, 0.2) is 0 Å². The zero-order valence-corrected chi connectivity index (χ0v) is 22.8. The molecule has 0 aliphatic rings. The second-order valence-corrected chi connectivity index (χ2v) is 9.28. The van der Waals surface area contributed by atoms with E-state index < -0.39 is 11.2 Å². The van der Waals surface area contributed by atoms with Crippen LogP contribution < -0.4 is 21.9 Å². The van der Waals surface area contributed by atoms with E-state index in [-0.39, 0.29) is 17.8 Å². The predicted octanol–water partition coefficient (Wildman–Crippen LogP) is 2.74. The van der Waals surface area contributed by atoms with Gasteiger partial charge in [0.1, 0.15) is 0 Å². The van der Waals surface area contributed by atoms with Gasteiger partial charge in [-0.15, -0.1) is 0 Å². The van der Waals surface area contributed by atoms with Crippen molar-refractivity contribution in [1.82, 2.24) is 20.6 Å². The van der Waals surface area contributed by atoms with E-state index in [0.717, 1.165) is 70.6 Å². The van der Waals surface area contributed by atoms with E-state index in [1.807, 2.05) is 0 Å². The first-order valence-corrected chi connectivity index (χ1v) is 13.9. The van der Waals surface area contributed by atoms with Gasteiger partial charge >= 0.3 is 11.7 Å². The summed E-state index contributed by atoms with van der Waals surface area (Å²) in [6.07, 6.45) is 12.2. The number of ether oxygens (including phenoxy) is 1. The summed E-state index contributed by atoms with van der Waals surface area (Å²) in [4.78, 5) is 66.4. The van der Waals surface area contributed by atoms with Gasteiger partial charge in [-0.25, -0.2) is 4.79 Å². The summed E-state index contributed by atoms with van der Waals surface area (Å²) in [5.74, 6) is -0.0639. The molecule has 2 amide bonds. The van der Waals surface area contributed by atoms with E-state index in [4.69, 9.17) is 4.74 Å². The maximum absolute atomic E-state index is 11.9. The molecule has 4 N–H and O–H groups in total. The molecule has 0 fully saturated rings. The lowest BCUT2D eigenvalue weighted by Gasteiger charge is -2.07. The molecule has 0 aliphatic heterocycles. The van der Waals surface area contributed by atoms with Crippen molar-refractivity contribution < 1.29 is 19.1 Å². The predicted molar refractivity (Wildman–Crippen MR) is 147 cm³/mol. The van der Waals surface area contributed by atoms with E-state index in [2.05, 4.69) is 32.5 Å². The fourth-order valence-corrected chi connectivity index (χ4v) is 3.58. The fourth-order valence-electron chi connectivity index (χ4n) is 3.58. The first-order chi connectivity index (χ1) is 18.4. The second kappa shape index (κ2) is 21.8. The average Bonchev–Trinajstić information content (AvgIpc) is 2.87. The lowest BCUT2D eigenvalue weighted by molar-refractivity contribution is -0.143. The summed E-state index contributed by atoms with van der Waals surface area (Å²) in [6, 6.07) is 1.27. The number of esters is 1. The molecule has 0 radical (unpaired) electrons. The van der Waals surface area contributed by atoms with Crippen molar-refractivity contribution in [3.63, 3.8) is 0 Å². The first kappa shape index (κ1) is 32.8. The summed E-state index contributed by atoms with van der Waals surface area (Å²) in [5, 5.41) is 5.83. The van der Waals surface area contributed by atoms with E-state index in [1.54, 1.807) is 0 Å². The molecule has 0 aromatic carbocycles. The SMILES string of the molecule is CCCCOC(=O)CCCCCNC(=O)CCCCCNC(=O)CCCCCN=Cc1cc(=O)[nH]c(=O)[nH]1. The number of hydrogen-bond acceptors (Lipinski definition) is 7. The van der Waals surface area contributed by atoms with Crippen molar-refractivity contribution in [2.45, 2.75) is 96.8 Å². The number of carbonyl (C=O) groups excluding carboxylic acids is 3. The van der Waals surface area contributed by atoms with Crippen molar-refractivity contribution in [3.8, 4) is 0 Å². The van der Waals surface area contributed by atoms with E-state index in [0.29, 0.717) is 51.2 Å². The fraction of sp³-hybridized carbons (Fsp3) is 0.704. The Morgan fingerprint density at radius 3 is 2.03 bits per heavy atom. The highest BCUT2D eigenvalue weighted by molar-refractivity contribution is 5.76. The third-order valence-electron chi connectivity index (χ3n) is 5.75. The minimum Gasteiger partial charge on any atom is -0.466 e. The summed E-state index contributed by atoms with van der Waals surface area (Å²) in [5.41, 5.74) is -0.666. The molecule has 0 saturated carbocycles. The number of carbonyl (C=O) groups is 3. The van der Waals surface area contributed by atoms with Crippen LogP contribution in [0.2, 0.25) is 0 Å². The van der Waals surface area contributed by atoms with Crippen molar-refractivity contribution in [3.05, 3.63) is 32.6 Å². The maximum Gasteiger partial charge on any atom is 0.326 e. The van der Waals surface area contributed by atoms with Crippen LogP contribution in [0.4, 0.5) is 0 Å². The van der Waals surface area contributed by atoms with Gasteiger partial charge in [-0.3, -0.25) is 29.2 Å². The van der Waals surface area contributed by atoms with Gasteiger partial charge in [0, 0.05) is 51.2 Å². The number of aromatic amines is 2. The number of unbranched alkanes of at least 4 members (excludes halogenated alkanes) is 7. The molecule has 38 heavy (non-hydrogen) atoms. The van der Waals surface area contributed by atoms with E-state index in [9.17, 15) is 24.0 Å². The molecule has 1 aromatic rings. The summed E-state index contributed by atoms with van der Waals surface area (Å²) < 4.78 is 5.11. The maximum atomic E-state index is 11.9. The molecule has 0 spiro atoms. The molecule has 1 aromatic heterocycles. The Morgan fingerprint density at radius 1 is 0.816 bits per heavy atom. The van der Waals surface area contributed by atoms with Crippen LogP contribution in [0, 0.1) is 0 Å². The molecule has 1 rings (SSSR count). The van der Waals surface area contributed by atoms with Crippen LogP contribution in [0.15, 0.2) is 20.6 Å². The number of rotatable bonds is 22. The summed E-state index contributed by atoms with van der Waals surface area (Å²) in [6.45, 7) is 4.35. The standard InChI is InChI=1S/C27H45N5O6/c1-2-3-19-38-26(36)15-9-6-12-18-30-24(34)14-8-5-11-17-29-23(33)13-7-4-10-16-28-21-22-20-25(35)32-27(37)31-22/h20-21H,2-19H2,1H3,(H,29,33)(H,30,34)(H2,31,32,35,37). The van der Waals surface area contributed by atoms with Gasteiger partial charge < -0.3 is 20.4 Å². The van der Waals surface area contributed by atoms with Gasteiger partial charge in [0.2, 0.25) is 11.8 Å². The molecule has 0 aliphatic carbocycles. The molecule has 0 saturated heterocycles. The van der Waals surface area contributed by atoms with Gasteiger partial charge in [-0.05, 0) is 44.9 Å². The highest BCUT2D eigenvalue weighted by Gasteiger charge is 2.04. The number of aliphatic imine (C=N–C) groups is 1. The minimum absolute atomic E-state index is 0.0292. The van der Waals surface area contributed by atoms with E-state index >= 15 is 0 Å².